The molecule has 4 rings (SSSR count). The van der Waals surface area contributed by atoms with Gasteiger partial charge in [-0.15, -0.1) is 0 Å². The third-order valence-electron chi connectivity index (χ3n) is 5.82. The molecule has 8 nitrogen and oxygen atoms in total. The molecular weight excluding hydrogens is 504 g/mol. The zero-order chi connectivity index (χ0) is 26.9. The maximum atomic E-state index is 12.9. The Labute approximate surface area is 225 Å². The zero-order valence-corrected chi connectivity index (χ0v) is 21.3. The van der Waals surface area contributed by atoms with E-state index in [1.54, 1.807) is 17.0 Å². The highest BCUT2D eigenvalue weighted by atomic mass is 35.5. The molecule has 4 N–H and O–H groups in total. The lowest BCUT2D eigenvalue weighted by molar-refractivity contribution is -0.133. The number of amides is 2. The highest BCUT2D eigenvalue weighted by Gasteiger charge is 2.15. The summed E-state index contributed by atoms with van der Waals surface area (Å²) in [6.45, 7) is 1.11. The molecule has 0 aliphatic carbocycles. The molecule has 0 aliphatic heterocycles. The molecular formula is C29H27ClN4O4. The summed E-state index contributed by atoms with van der Waals surface area (Å²) in [5.74, 6) is -0.179. The molecule has 38 heavy (non-hydrogen) atoms. The van der Waals surface area contributed by atoms with Gasteiger partial charge in [0.1, 0.15) is 11.5 Å². The summed E-state index contributed by atoms with van der Waals surface area (Å²) in [4.78, 5) is 27.0. The van der Waals surface area contributed by atoms with Gasteiger partial charge in [0.05, 0.1) is 11.2 Å². The van der Waals surface area contributed by atoms with Gasteiger partial charge in [0.25, 0.3) is 11.8 Å². The summed E-state index contributed by atoms with van der Waals surface area (Å²) in [6.07, 6.45) is 1.53. The van der Waals surface area contributed by atoms with Gasteiger partial charge >= 0.3 is 0 Å². The number of nitrogens with zero attached hydrogens (tertiary/aromatic N) is 2. The van der Waals surface area contributed by atoms with Crippen molar-refractivity contribution >= 4 is 40.4 Å². The quantitative estimate of drug-likeness (QED) is 0.208. The number of carbonyl (C=O) groups excluding carboxylic acids is 2. The number of hydrazone groups is 1. The molecule has 2 amide bonds. The lowest BCUT2D eigenvalue weighted by Gasteiger charge is -2.22. The van der Waals surface area contributed by atoms with Gasteiger partial charge in [-0.2, -0.15) is 5.10 Å². The standard InChI is InChI=1S/C29H27ClN4O4/c30-25-16-21(10-12-26(25)35)29(37)33-32-17-22-11-13-27(24-9-5-4-8-23(22)24)38-19-28(36)34(15-14-31)18-20-6-2-1-3-7-20/h1-13,16-17,35H,14-15,18-19,31H2,(H,33,37)/b32-17+. The van der Waals surface area contributed by atoms with Gasteiger partial charge in [-0.25, -0.2) is 5.43 Å². The Balaban J connectivity index is 1.45. The number of carbonyl (C=O) groups is 2. The van der Waals surface area contributed by atoms with E-state index in [0.717, 1.165) is 21.9 Å². The van der Waals surface area contributed by atoms with Crippen LogP contribution in [0.25, 0.3) is 10.8 Å². The van der Waals surface area contributed by atoms with Gasteiger partial charge in [-0.3, -0.25) is 9.59 Å². The molecule has 0 bridgehead atoms. The first-order chi connectivity index (χ1) is 18.5. The fourth-order valence-electron chi connectivity index (χ4n) is 3.89. The Kier molecular flexibility index (Phi) is 8.92. The predicted molar refractivity (Wildman–Crippen MR) is 149 cm³/mol. The van der Waals surface area contributed by atoms with E-state index in [1.807, 2.05) is 54.6 Å². The van der Waals surface area contributed by atoms with Crippen molar-refractivity contribution in [3.63, 3.8) is 0 Å². The molecule has 0 saturated heterocycles. The van der Waals surface area contributed by atoms with E-state index in [-0.39, 0.29) is 28.8 Å². The highest BCUT2D eigenvalue weighted by molar-refractivity contribution is 6.32. The molecule has 0 fully saturated rings. The van der Waals surface area contributed by atoms with E-state index in [0.29, 0.717) is 25.4 Å². The van der Waals surface area contributed by atoms with Gasteiger partial charge in [0, 0.05) is 36.1 Å². The van der Waals surface area contributed by atoms with Gasteiger partial charge in [-0.1, -0.05) is 66.2 Å². The Morgan fingerprint density at radius 2 is 1.74 bits per heavy atom. The normalized spacial score (nSPS) is 11.0. The number of benzene rings is 4. The van der Waals surface area contributed by atoms with E-state index in [2.05, 4.69) is 10.5 Å². The van der Waals surface area contributed by atoms with E-state index >= 15 is 0 Å². The Morgan fingerprint density at radius 3 is 2.47 bits per heavy atom. The lowest BCUT2D eigenvalue weighted by atomic mass is 10.0. The zero-order valence-electron chi connectivity index (χ0n) is 20.5. The Morgan fingerprint density at radius 1 is 1.00 bits per heavy atom. The number of phenolic OH excluding ortho intramolecular Hbond substituents is 1. The minimum absolute atomic E-state index is 0.0768. The molecule has 9 heteroatoms. The molecule has 0 aromatic heterocycles. The van der Waals surface area contributed by atoms with Crippen LogP contribution in [0.4, 0.5) is 0 Å². The second-order valence-electron chi connectivity index (χ2n) is 8.44. The molecule has 0 aliphatic rings. The van der Waals surface area contributed by atoms with Crippen LogP contribution >= 0.6 is 11.6 Å². The average Bonchev–Trinajstić information content (AvgIpc) is 2.94. The molecule has 4 aromatic rings. The van der Waals surface area contributed by atoms with Crippen LogP contribution < -0.4 is 15.9 Å². The number of rotatable bonds is 10. The van der Waals surface area contributed by atoms with Crippen LogP contribution in [0, 0.1) is 0 Å². The van der Waals surface area contributed by atoms with Crippen molar-refractivity contribution < 1.29 is 19.4 Å². The maximum absolute atomic E-state index is 12.9. The van der Waals surface area contributed by atoms with Crippen molar-refractivity contribution in [2.45, 2.75) is 6.54 Å². The van der Waals surface area contributed by atoms with E-state index < -0.39 is 5.91 Å². The first-order valence-electron chi connectivity index (χ1n) is 11.9. The molecule has 0 heterocycles. The number of nitrogens with two attached hydrogens (primary N) is 1. The van der Waals surface area contributed by atoms with Gasteiger partial charge < -0.3 is 20.5 Å². The summed E-state index contributed by atoms with van der Waals surface area (Å²) in [5.41, 5.74) is 10.2. The van der Waals surface area contributed by atoms with Crippen LogP contribution in [-0.2, 0) is 11.3 Å². The van der Waals surface area contributed by atoms with Gasteiger partial charge in [0.15, 0.2) is 6.61 Å². The minimum atomic E-state index is -0.469. The third kappa shape index (κ3) is 6.67. The van der Waals surface area contributed by atoms with Gasteiger partial charge in [-0.05, 0) is 41.3 Å². The summed E-state index contributed by atoms with van der Waals surface area (Å²) in [6, 6.07) is 25.0. The number of aromatic hydroxyl groups is 1. The number of halogens is 1. The van der Waals surface area contributed by atoms with Crippen molar-refractivity contribution in [2.24, 2.45) is 10.8 Å². The predicted octanol–water partition coefficient (Wildman–Crippen LogP) is 4.33. The summed E-state index contributed by atoms with van der Waals surface area (Å²) in [5, 5.41) is 15.3. The Bertz CT molecular complexity index is 1460. The van der Waals surface area contributed by atoms with Crippen molar-refractivity contribution in [1.29, 1.82) is 0 Å². The first-order valence-corrected chi connectivity index (χ1v) is 12.3. The number of nitrogens with one attached hydrogen (secondary N) is 1. The highest BCUT2D eigenvalue weighted by Crippen LogP contribution is 2.28. The number of phenols is 1. The fourth-order valence-corrected chi connectivity index (χ4v) is 4.07. The number of hydrogen-bond donors (Lipinski definition) is 3. The second-order valence-corrected chi connectivity index (χ2v) is 8.85. The molecule has 0 spiro atoms. The first kappa shape index (κ1) is 26.7. The van der Waals surface area contributed by atoms with Crippen LogP contribution in [0.2, 0.25) is 5.02 Å². The second kappa shape index (κ2) is 12.7. The molecule has 0 saturated carbocycles. The largest absolute Gasteiger partial charge is 0.506 e. The summed E-state index contributed by atoms with van der Waals surface area (Å²) >= 11 is 5.87. The molecule has 194 valence electrons. The fraction of sp³-hybridized carbons (Fsp3) is 0.138. The van der Waals surface area contributed by atoms with Crippen molar-refractivity contribution in [1.82, 2.24) is 10.3 Å². The van der Waals surface area contributed by atoms with Crippen LogP contribution in [0.5, 0.6) is 11.5 Å². The van der Waals surface area contributed by atoms with Crippen LogP contribution in [0.3, 0.4) is 0 Å². The van der Waals surface area contributed by atoms with Crippen molar-refractivity contribution in [3.8, 4) is 11.5 Å². The number of fused-ring (bicyclic) bond motifs is 1. The van der Waals surface area contributed by atoms with Gasteiger partial charge in [0.2, 0.25) is 0 Å². The van der Waals surface area contributed by atoms with Crippen LogP contribution in [-0.4, -0.2) is 47.7 Å². The van der Waals surface area contributed by atoms with E-state index in [1.165, 1.54) is 24.4 Å². The van der Waals surface area contributed by atoms with Crippen LogP contribution in [0.1, 0.15) is 21.5 Å². The van der Waals surface area contributed by atoms with Crippen molar-refractivity contribution in [2.75, 3.05) is 19.7 Å². The monoisotopic (exact) mass is 530 g/mol. The number of hydrogen-bond acceptors (Lipinski definition) is 6. The average molecular weight is 531 g/mol. The van der Waals surface area contributed by atoms with Crippen molar-refractivity contribution in [3.05, 3.63) is 107 Å². The molecule has 0 atom stereocenters. The maximum Gasteiger partial charge on any atom is 0.271 e. The minimum Gasteiger partial charge on any atom is -0.506 e. The van der Waals surface area contributed by atoms with Crippen LogP contribution in [0.15, 0.2) is 90.0 Å². The summed E-state index contributed by atoms with van der Waals surface area (Å²) < 4.78 is 5.94. The van der Waals surface area contributed by atoms with E-state index in [9.17, 15) is 14.7 Å². The topological polar surface area (TPSA) is 117 Å². The third-order valence-corrected chi connectivity index (χ3v) is 6.12. The van der Waals surface area contributed by atoms with E-state index in [4.69, 9.17) is 22.1 Å². The lowest BCUT2D eigenvalue weighted by Crippen LogP contribution is -2.38. The smallest absolute Gasteiger partial charge is 0.271 e. The summed E-state index contributed by atoms with van der Waals surface area (Å²) in [7, 11) is 0. The molecule has 0 radical (unpaired) electrons. The number of ether oxygens (including phenoxy) is 1. The SMILES string of the molecule is NCCN(Cc1ccccc1)C(=O)COc1ccc(/C=N/NC(=O)c2ccc(O)c(Cl)c2)c2ccccc12. The molecule has 4 aromatic carbocycles. The molecule has 0 unspecified atom stereocenters. The Hall–Kier alpha value is -4.40.